The molecule has 0 aromatic heterocycles. The Morgan fingerprint density at radius 2 is 0.636 bits per heavy atom. The van der Waals surface area contributed by atoms with Gasteiger partial charge in [0.2, 0.25) is 0 Å². The van der Waals surface area contributed by atoms with Crippen molar-refractivity contribution in [2.45, 2.75) is 130 Å². The minimum atomic E-state index is -1.12. The molecule has 1 heteroatoms. The number of hydrogen-bond acceptors (Lipinski definition) is 0. The summed E-state index contributed by atoms with van der Waals surface area (Å²) in [4.78, 5) is 0. The van der Waals surface area contributed by atoms with E-state index in [9.17, 15) is 0 Å². The van der Waals surface area contributed by atoms with Gasteiger partial charge in [-0.3, -0.25) is 0 Å². The Kier molecular flexibility index (Phi) is 20.6. The third-order valence-electron chi connectivity index (χ3n) is 5.15. The van der Waals surface area contributed by atoms with Gasteiger partial charge in [-0.25, -0.2) is 0 Å². The average molecular weight is 417 g/mol. The molecule has 0 aliphatic carbocycles. The summed E-state index contributed by atoms with van der Waals surface area (Å²) in [5.41, 5.74) is 0. The number of hydrogen-bond donors (Lipinski definition) is 0. The summed E-state index contributed by atoms with van der Waals surface area (Å²) in [7, 11) is 0. The predicted molar refractivity (Wildman–Crippen MR) is 108 cm³/mol. The third-order valence-corrected chi connectivity index (χ3v) is 15.6. The van der Waals surface area contributed by atoms with Crippen LogP contribution in [0.25, 0.3) is 0 Å². The topological polar surface area (TPSA) is 0 Å². The van der Waals surface area contributed by atoms with Crippen LogP contribution in [-0.2, 0) is 0 Å². The summed E-state index contributed by atoms with van der Waals surface area (Å²) in [5, 5.41) is 0. The van der Waals surface area contributed by atoms with E-state index in [1.807, 2.05) is 0 Å². The molecule has 0 aliphatic heterocycles. The zero-order chi connectivity index (χ0) is 16.3. The van der Waals surface area contributed by atoms with Gasteiger partial charge in [-0.05, 0) is 0 Å². The van der Waals surface area contributed by atoms with Crippen LogP contribution in [0.15, 0.2) is 0 Å². The molecule has 0 fully saturated rings. The first-order valence-electron chi connectivity index (χ1n) is 10.8. The van der Waals surface area contributed by atoms with Gasteiger partial charge in [0.05, 0.1) is 0 Å². The third kappa shape index (κ3) is 17.2. The molecule has 0 amide bonds. The van der Waals surface area contributed by atoms with Gasteiger partial charge in [0.25, 0.3) is 0 Å². The molecule has 0 unspecified atom stereocenters. The zero-order valence-corrected chi connectivity index (χ0v) is 19.6. The van der Waals surface area contributed by atoms with E-state index >= 15 is 0 Å². The van der Waals surface area contributed by atoms with Crippen molar-refractivity contribution in [3.05, 3.63) is 0 Å². The van der Waals surface area contributed by atoms with Crippen LogP contribution < -0.4 is 0 Å². The van der Waals surface area contributed by atoms with Gasteiger partial charge in [-0.15, -0.1) is 0 Å². The maximum absolute atomic E-state index is 2.33. The fraction of sp³-hybridized carbons (Fsp3) is 1.00. The molecule has 0 atom stereocenters. The van der Waals surface area contributed by atoms with E-state index in [2.05, 4.69) is 20.8 Å². The summed E-state index contributed by atoms with van der Waals surface area (Å²) >= 11 is -1.12. The fourth-order valence-corrected chi connectivity index (χ4v) is 13.4. The Labute approximate surface area is 150 Å². The van der Waals surface area contributed by atoms with E-state index in [1.165, 1.54) is 77.0 Å². The van der Waals surface area contributed by atoms with E-state index in [4.69, 9.17) is 0 Å². The predicted octanol–water partition coefficient (Wildman–Crippen LogP) is 8.12. The first-order valence-corrected chi connectivity index (χ1v) is 17.8. The molecule has 0 bridgehead atoms. The molecule has 0 saturated heterocycles. The molecule has 0 saturated carbocycles. The van der Waals surface area contributed by atoms with Crippen LogP contribution in [0.2, 0.25) is 13.3 Å². The van der Waals surface area contributed by atoms with Crippen molar-refractivity contribution >= 4 is 19.8 Å². The second-order valence-corrected chi connectivity index (χ2v) is 17.4. The van der Waals surface area contributed by atoms with Gasteiger partial charge in [-0.2, -0.15) is 0 Å². The molecule has 0 radical (unpaired) electrons. The van der Waals surface area contributed by atoms with Crippen LogP contribution in [0.3, 0.4) is 0 Å². The second kappa shape index (κ2) is 19.8. The van der Waals surface area contributed by atoms with Gasteiger partial charge in [0, 0.05) is 0 Å². The normalized spacial score (nSPS) is 11.5. The summed E-state index contributed by atoms with van der Waals surface area (Å²) in [5.74, 6) is 0. The van der Waals surface area contributed by atoms with E-state index in [0.717, 1.165) is 0 Å². The molecule has 0 rings (SSSR count). The molecule has 0 spiro atoms. The van der Waals surface area contributed by atoms with Crippen molar-refractivity contribution in [3.63, 3.8) is 0 Å². The second-order valence-electron chi connectivity index (χ2n) is 7.47. The van der Waals surface area contributed by atoms with Crippen LogP contribution in [0.1, 0.15) is 117 Å². The standard InChI is InChI=1S/3C7H15.Sn.H/c3*1-3-5-7-6-4-2;;/h3*1,3-7H2,2H3;;. The Balaban J connectivity index is 3.72. The molecule has 134 valence electrons. The van der Waals surface area contributed by atoms with E-state index in [0.29, 0.717) is 0 Å². The SMILES string of the molecule is CCCCCC[CH2][SnH]([CH2]CCCCCC)[CH2]CCCCCC. The van der Waals surface area contributed by atoms with Crippen LogP contribution in [0.4, 0.5) is 0 Å². The first-order chi connectivity index (χ1) is 10.8. The van der Waals surface area contributed by atoms with Crippen LogP contribution in [0, 0.1) is 0 Å². The van der Waals surface area contributed by atoms with Gasteiger partial charge in [0.1, 0.15) is 0 Å². The van der Waals surface area contributed by atoms with E-state index in [-0.39, 0.29) is 0 Å². The summed E-state index contributed by atoms with van der Waals surface area (Å²) in [6, 6.07) is 0. The molecule has 0 nitrogen and oxygen atoms in total. The van der Waals surface area contributed by atoms with Crippen LogP contribution >= 0.6 is 0 Å². The first kappa shape index (κ1) is 22.8. The van der Waals surface area contributed by atoms with Crippen molar-refractivity contribution in [2.75, 3.05) is 0 Å². The maximum atomic E-state index is 2.33. The van der Waals surface area contributed by atoms with Crippen molar-refractivity contribution in [1.82, 2.24) is 0 Å². The van der Waals surface area contributed by atoms with Crippen molar-refractivity contribution in [1.29, 1.82) is 0 Å². The molecule has 0 aliphatic rings. The monoisotopic (exact) mass is 418 g/mol. The average Bonchev–Trinajstić information content (AvgIpc) is 2.53. The molecule has 0 aromatic rings. The van der Waals surface area contributed by atoms with Crippen LogP contribution in [-0.4, -0.2) is 19.8 Å². The van der Waals surface area contributed by atoms with Crippen molar-refractivity contribution in [2.24, 2.45) is 0 Å². The molecular formula is C21H46Sn. The summed E-state index contributed by atoms with van der Waals surface area (Å²) in [6.45, 7) is 6.98. The Bertz CT molecular complexity index is 157. The zero-order valence-electron chi connectivity index (χ0n) is 16.3. The number of unbranched alkanes of at least 4 members (excludes halogenated alkanes) is 12. The fourth-order valence-electron chi connectivity index (χ4n) is 3.54. The summed E-state index contributed by atoms with van der Waals surface area (Å²) < 4.78 is 5.19. The number of rotatable bonds is 18. The van der Waals surface area contributed by atoms with Crippen molar-refractivity contribution < 1.29 is 0 Å². The summed E-state index contributed by atoms with van der Waals surface area (Å²) in [6.07, 6.45) is 22.4. The Morgan fingerprint density at radius 1 is 0.364 bits per heavy atom. The van der Waals surface area contributed by atoms with Gasteiger partial charge >= 0.3 is 150 Å². The van der Waals surface area contributed by atoms with Gasteiger partial charge < -0.3 is 0 Å². The molecule has 0 heterocycles. The Hall–Kier alpha value is 0.799. The van der Waals surface area contributed by atoms with Crippen LogP contribution in [0.5, 0.6) is 0 Å². The minimum absolute atomic E-state index is 1.12. The van der Waals surface area contributed by atoms with E-state index in [1.54, 1.807) is 32.6 Å². The molecular weight excluding hydrogens is 371 g/mol. The molecule has 22 heavy (non-hydrogen) atoms. The van der Waals surface area contributed by atoms with Crippen molar-refractivity contribution in [3.8, 4) is 0 Å². The molecule has 0 N–H and O–H groups in total. The Morgan fingerprint density at radius 3 is 0.909 bits per heavy atom. The van der Waals surface area contributed by atoms with Gasteiger partial charge in [-0.1, -0.05) is 0 Å². The van der Waals surface area contributed by atoms with Gasteiger partial charge in [0.15, 0.2) is 0 Å². The quantitative estimate of drug-likeness (QED) is 0.156. The van der Waals surface area contributed by atoms with E-state index < -0.39 is 19.8 Å². The molecule has 0 aromatic carbocycles.